The summed E-state index contributed by atoms with van der Waals surface area (Å²) < 4.78 is 31.4. The van der Waals surface area contributed by atoms with Crippen LogP contribution in [-0.4, -0.2) is 33.7 Å². The van der Waals surface area contributed by atoms with Crippen molar-refractivity contribution in [1.82, 2.24) is 5.32 Å². The molecular weight excluding hydrogens is 376 g/mol. The molecule has 7 heteroatoms. The fraction of sp³-hybridized carbons (Fsp3) is 0.381. The summed E-state index contributed by atoms with van der Waals surface area (Å²) >= 11 is 0. The summed E-state index contributed by atoms with van der Waals surface area (Å²) in [5.41, 5.74) is 2.49. The van der Waals surface area contributed by atoms with Crippen molar-refractivity contribution in [2.75, 3.05) is 17.7 Å². The Morgan fingerprint density at radius 2 is 1.82 bits per heavy atom. The summed E-state index contributed by atoms with van der Waals surface area (Å²) in [4.78, 5) is 13.0. The molecule has 0 bridgehead atoms. The summed E-state index contributed by atoms with van der Waals surface area (Å²) in [6.45, 7) is 5.67. The molecule has 2 aromatic rings. The van der Waals surface area contributed by atoms with Crippen LogP contribution in [0, 0.1) is 6.92 Å². The second kappa shape index (κ2) is 9.10. The number of aryl methyl sites for hydroxylation is 1. The van der Waals surface area contributed by atoms with E-state index in [4.69, 9.17) is 4.74 Å². The lowest BCUT2D eigenvalue weighted by Gasteiger charge is -2.31. The Hall–Kier alpha value is -2.54. The second-order valence-electron chi connectivity index (χ2n) is 6.83. The average Bonchev–Trinajstić information content (AvgIpc) is 2.65. The van der Waals surface area contributed by atoms with E-state index in [2.05, 4.69) is 5.32 Å². The lowest BCUT2D eigenvalue weighted by Crippen LogP contribution is -2.49. The van der Waals surface area contributed by atoms with E-state index in [1.807, 2.05) is 38.1 Å². The van der Waals surface area contributed by atoms with Crippen LogP contribution in [0.25, 0.3) is 0 Å². The third kappa shape index (κ3) is 5.25. The molecule has 0 heterocycles. The number of nitrogens with zero attached hydrogens (tertiary/aromatic N) is 1. The molecule has 0 spiro atoms. The van der Waals surface area contributed by atoms with Crippen molar-refractivity contribution in [3.05, 3.63) is 59.7 Å². The highest BCUT2D eigenvalue weighted by Crippen LogP contribution is 2.27. The van der Waals surface area contributed by atoms with E-state index in [0.717, 1.165) is 21.7 Å². The molecule has 0 aromatic heterocycles. The van der Waals surface area contributed by atoms with Crippen molar-refractivity contribution in [3.63, 3.8) is 0 Å². The SMILES string of the molecule is CC[C@H](C(=O)N[C@H](C)c1ccc(C)cc1)N(c1cccc(OC)c1)S(C)(=O)=O. The smallest absolute Gasteiger partial charge is 0.244 e. The Labute approximate surface area is 167 Å². The average molecular weight is 405 g/mol. The molecule has 0 fully saturated rings. The fourth-order valence-corrected chi connectivity index (χ4v) is 4.26. The lowest BCUT2D eigenvalue weighted by atomic mass is 10.1. The first kappa shape index (κ1) is 21.8. The number of carbonyl (C=O) groups is 1. The van der Waals surface area contributed by atoms with Gasteiger partial charge in [-0.05, 0) is 38.0 Å². The van der Waals surface area contributed by atoms with Crippen LogP contribution in [0.1, 0.15) is 37.4 Å². The maximum absolute atomic E-state index is 13.0. The lowest BCUT2D eigenvalue weighted by molar-refractivity contribution is -0.122. The molecule has 0 aliphatic rings. The van der Waals surface area contributed by atoms with Gasteiger partial charge in [0.2, 0.25) is 15.9 Å². The van der Waals surface area contributed by atoms with Gasteiger partial charge in [0.15, 0.2) is 0 Å². The van der Waals surface area contributed by atoms with Crippen molar-refractivity contribution in [2.24, 2.45) is 0 Å². The predicted molar refractivity (Wildman–Crippen MR) is 112 cm³/mol. The molecule has 152 valence electrons. The Morgan fingerprint density at radius 3 is 2.36 bits per heavy atom. The summed E-state index contributed by atoms with van der Waals surface area (Å²) in [5.74, 6) is 0.179. The van der Waals surface area contributed by atoms with E-state index in [0.29, 0.717) is 17.9 Å². The number of methoxy groups -OCH3 is 1. The summed E-state index contributed by atoms with van der Waals surface area (Å²) in [6, 6.07) is 13.5. The van der Waals surface area contributed by atoms with Gasteiger partial charge < -0.3 is 10.1 Å². The van der Waals surface area contributed by atoms with Crippen LogP contribution in [0.2, 0.25) is 0 Å². The third-order valence-electron chi connectivity index (χ3n) is 4.57. The van der Waals surface area contributed by atoms with E-state index in [-0.39, 0.29) is 11.9 Å². The fourth-order valence-electron chi connectivity index (χ4n) is 3.06. The number of carbonyl (C=O) groups excluding carboxylic acids is 1. The van der Waals surface area contributed by atoms with Crippen LogP contribution in [0.3, 0.4) is 0 Å². The van der Waals surface area contributed by atoms with Crippen molar-refractivity contribution in [2.45, 2.75) is 39.3 Å². The Morgan fingerprint density at radius 1 is 1.18 bits per heavy atom. The topological polar surface area (TPSA) is 75.7 Å². The van der Waals surface area contributed by atoms with Crippen LogP contribution >= 0.6 is 0 Å². The summed E-state index contributed by atoms with van der Waals surface area (Å²) in [6.07, 6.45) is 1.43. The number of rotatable bonds is 8. The van der Waals surface area contributed by atoms with Crippen molar-refractivity contribution >= 4 is 21.6 Å². The zero-order valence-corrected chi connectivity index (χ0v) is 17.8. The number of nitrogens with one attached hydrogen (secondary N) is 1. The number of amides is 1. The highest BCUT2D eigenvalue weighted by atomic mass is 32.2. The predicted octanol–water partition coefficient (Wildman–Crippen LogP) is 3.43. The van der Waals surface area contributed by atoms with Gasteiger partial charge in [0.25, 0.3) is 0 Å². The number of hydrogen-bond acceptors (Lipinski definition) is 4. The Balaban J connectivity index is 2.32. The third-order valence-corrected chi connectivity index (χ3v) is 5.75. The zero-order chi connectivity index (χ0) is 20.9. The van der Waals surface area contributed by atoms with E-state index in [1.54, 1.807) is 31.2 Å². The van der Waals surface area contributed by atoms with E-state index >= 15 is 0 Å². The molecule has 0 saturated carbocycles. The minimum absolute atomic E-state index is 0.242. The van der Waals surface area contributed by atoms with Gasteiger partial charge in [0.1, 0.15) is 11.8 Å². The van der Waals surface area contributed by atoms with Gasteiger partial charge in [-0.2, -0.15) is 0 Å². The number of anilines is 1. The molecule has 0 saturated heterocycles. The first-order chi connectivity index (χ1) is 13.2. The maximum atomic E-state index is 13.0. The monoisotopic (exact) mass is 404 g/mol. The number of hydrogen-bond donors (Lipinski definition) is 1. The quantitative estimate of drug-likeness (QED) is 0.731. The van der Waals surface area contributed by atoms with E-state index in [1.165, 1.54) is 7.11 Å². The summed E-state index contributed by atoms with van der Waals surface area (Å²) in [7, 11) is -2.18. The van der Waals surface area contributed by atoms with Crippen molar-refractivity contribution in [3.8, 4) is 5.75 Å². The highest BCUT2D eigenvalue weighted by Gasteiger charge is 2.32. The summed E-state index contributed by atoms with van der Waals surface area (Å²) in [5, 5.41) is 2.94. The first-order valence-electron chi connectivity index (χ1n) is 9.17. The van der Waals surface area contributed by atoms with Gasteiger partial charge in [-0.1, -0.05) is 42.8 Å². The first-order valence-corrected chi connectivity index (χ1v) is 11.0. The minimum Gasteiger partial charge on any atom is -0.497 e. The van der Waals surface area contributed by atoms with Gasteiger partial charge in [0.05, 0.1) is 25.1 Å². The van der Waals surface area contributed by atoms with E-state index in [9.17, 15) is 13.2 Å². The van der Waals surface area contributed by atoms with Gasteiger partial charge in [0, 0.05) is 6.07 Å². The molecule has 1 amide bonds. The Kier molecular flexibility index (Phi) is 7.07. The normalized spacial score (nSPS) is 13.5. The van der Waals surface area contributed by atoms with Crippen molar-refractivity contribution < 1.29 is 17.9 Å². The molecule has 2 aromatic carbocycles. The number of benzene rings is 2. The van der Waals surface area contributed by atoms with Crippen molar-refractivity contribution in [1.29, 1.82) is 0 Å². The van der Waals surface area contributed by atoms with E-state index < -0.39 is 16.1 Å². The van der Waals surface area contributed by atoms with Gasteiger partial charge in [-0.15, -0.1) is 0 Å². The minimum atomic E-state index is -3.69. The molecular formula is C21H28N2O4S. The molecule has 2 rings (SSSR count). The zero-order valence-electron chi connectivity index (χ0n) is 17.0. The van der Waals surface area contributed by atoms with Crippen LogP contribution in [0.4, 0.5) is 5.69 Å². The van der Waals surface area contributed by atoms with Gasteiger partial charge >= 0.3 is 0 Å². The van der Waals surface area contributed by atoms with Gasteiger partial charge in [-0.25, -0.2) is 8.42 Å². The largest absolute Gasteiger partial charge is 0.497 e. The van der Waals surface area contributed by atoms with Crippen LogP contribution in [0.5, 0.6) is 5.75 Å². The number of ether oxygens (including phenoxy) is 1. The van der Waals surface area contributed by atoms with Crippen LogP contribution in [-0.2, 0) is 14.8 Å². The molecule has 0 aliphatic heterocycles. The molecule has 6 nitrogen and oxygen atoms in total. The van der Waals surface area contributed by atoms with Crippen LogP contribution in [0.15, 0.2) is 48.5 Å². The highest BCUT2D eigenvalue weighted by molar-refractivity contribution is 7.92. The molecule has 0 aliphatic carbocycles. The molecule has 2 atom stereocenters. The number of sulfonamides is 1. The molecule has 0 radical (unpaired) electrons. The van der Waals surface area contributed by atoms with Gasteiger partial charge in [-0.3, -0.25) is 9.10 Å². The van der Waals surface area contributed by atoms with Crippen LogP contribution < -0.4 is 14.4 Å². The standard InChI is InChI=1S/C21H28N2O4S/c1-6-20(21(24)22-16(3)17-12-10-15(2)11-13-17)23(28(5,25)26)18-8-7-9-19(14-18)27-4/h7-14,16,20H,6H2,1-5H3,(H,22,24)/t16-,20-/m1/s1. The molecule has 0 unspecified atom stereocenters. The maximum Gasteiger partial charge on any atom is 0.244 e. The molecule has 28 heavy (non-hydrogen) atoms. The second-order valence-corrected chi connectivity index (χ2v) is 8.68. The Bertz CT molecular complexity index is 910. The molecule has 1 N–H and O–H groups in total.